The maximum atomic E-state index is 11.3. The molecule has 3 atom stereocenters. The third-order valence-electron chi connectivity index (χ3n) is 14.7. The number of aliphatic carboxylic acids is 3. The lowest BCUT2D eigenvalue weighted by molar-refractivity contribution is -0.141. The maximum Gasteiger partial charge on any atom is 0.327 e. The Morgan fingerprint density at radius 1 is 0.357 bits per heavy atom. The van der Waals surface area contributed by atoms with Gasteiger partial charge in [0.1, 0.15) is 34.3 Å². The van der Waals surface area contributed by atoms with Gasteiger partial charge in [-0.2, -0.15) is 35.3 Å². The average Bonchev–Trinajstić information content (AvgIpc) is 2.26. The normalized spacial score (nSPS) is 12.4. The van der Waals surface area contributed by atoms with Crippen LogP contribution in [0, 0.1) is 0 Å². The van der Waals surface area contributed by atoms with Gasteiger partial charge in [0.2, 0.25) is 17.7 Å². The zero-order chi connectivity index (χ0) is 61.2. The molecule has 12 nitrogen and oxygen atoms in total. The number of benzene rings is 6. The van der Waals surface area contributed by atoms with Crippen molar-refractivity contribution in [2.24, 2.45) is 0 Å². The molecule has 0 aromatic heterocycles. The standard InChI is InChI=1S/C27H31NO3SSi.C22H29NO3SSi.C17H27NO3SSi/c1-22(29)28-26(27(30)31)21-32-19-11-12-20-33(23-13-5-2-6-14-23,24-15-7-3-8-16-24)25-17-9-4-10-18-25;1-18(24)23-21(22(25)26)17-27-15-9-10-16-28(2,19-11-5-3-6-12-19)20-13-7-4-8-14-20;1-14(19)18-16(17(20)21)13-22-11-7-8-12-23(2,3)15-9-5-4-6-10-15/h2-10,13-18,26H,11-12,19-21H2,1H3,(H,28,29)(H,30,31);3-8,11-14,21H,9-10,15-17H2,1-2H3,(H,23,24)(H,25,26);4-6,9-10,16H,7-8,11-13H2,1-3H3,(H,18,19)(H,20,21)/t26-;21-;16-/m000/s1. The van der Waals surface area contributed by atoms with E-state index in [-0.39, 0.29) is 17.7 Å². The van der Waals surface area contributed by atoms with Crippen molar-refractivity contribution in [2.75, 3.05) is 34.5 Å². The molecule has 3 amide bonds. The smallest absolute Gasteiger partial charge is 0.327 e. The van der Waals surface area contributed by atoms with Crippen LogP contribution in [-0.4, -0.2) is 128 Å². The summed E-state index contributed by atoms with van der Waals surface area (Å²) >= 11 is 4.78. The van der Waals surface area contributed by atoms with Gasteiger partial charge in [-0.05, 0) is 64.2 Å². The fourth-order valence-electron chi connectivity index (χ4n) is 10.1. The highest BCUT2D eigenvalue weighted by Gasteiger charge is 2.38. The van der Waals surface area contributed by atoms with Crippen LogP contribution in [0.1, 0.15) is 59.3 Å². The fraction of sp³-hybridized carbons (Fsp3) is 0.364. The third kappa shape index (κ3) is 24.4. The van der Waals surface area contributed by atoms with Gasteiger partial charge in [0.05, 0.1) is 8.07 Å². The van der Waals surface area contributed by atoms with Gasteiger partial charge < -0.3 is 31.3 Å². The van der Waals surface area contributed by atoms with Crippen LogP contribution in [-0.2, 0) is 28.8 Å². The number of rotatable bonds is 33. The van der Waals surface area contributed by atoms with Crippen LogP contribution in [0.5, 0.6) is 0 Å². The Bertz CT molecular complexity index is 2750. The number of carbonyl (C=O) groups excluding carboxylic acids is 3. The molecule has 0 aliphatic rings. The molecule has 0 radical (unpaired) electrons. The Hall–Kier alpha value is -6.16. The summed E-state index contributed by atoms with van der Waals surface area (Å²) in [4.78, 5) is 66.8. The second kappa shape index (κ2) is 38.0. The minimum Gasteiger partial charge on any atom is -0.480 e. The summed E-state index contributed by atoms with van der Waals surface area (Å²) in [6.07, 6.45) is 6.45. The lowest BCUT2D eigenvalue weighted by Crippen LogP contribution is -2.66. The van der Waals surface area contributed by atoms with Gasteiger partial charge >= 0.3 is 17.9 Å². The van der Waals surface area contributed by atoms with Crippen LogP contribution in [0.25, 0.3) is 0 Å². The van der Waals surface area contributed by atoms with Crippen LogP contribution >= 0.6 is 35.3 Å². The molecule has 0 aliphatic carbocycles. The molecule has 0 fully saturated rings. The highest BCUT2D eigenvalue weighted by Crippen LogP contribution is 2.21. The van der Waals surface area contributed by atoms with E-state index >= 15 is 0 Å². The molecule has 84 heavy (non-hydrogen) atoms. The van der Waals surface area contributed by atoms with E-state index in [1.165, 1.54) is 64.4 Å². The van der Waals surface area contributed by atoms with Crippen molar-refractivity contribution in [1.29, 1.82) is 0 Å². The van der Waals surface area contributed by atoms with E-state index in [2.05, 4.69) is 218 Å². The molecule has 0 aliphatic heterocycles. The fourth-order valence-corrected chi connectivity index (χ4v) is 24.4. The van der Waals surface area contributed by atoms with Gasteiger partial charge in [0.25, 0.3) is 0 Å². The average molecular weight is 1250 g/mol. The molecular formula is C66H87N3O9S3Si3. The van der Waals surface area contributed by atoms with Crippen LogP contribution in [0.3, 0.4) is 0 Å². The minimum absolute atomic E-state index is 0.298. The van der Waals surface area contributed by atoms with E-state index in [9.17, 15) is 33.9 Å². The number of hydrogen-bond acceptors (Lipinski definition) is 9. The Balaban J connectivity index is 0.000000275. The zero-order valence-electron chi connectivity index (χ0n) is 49.7. The first-order valence-corrected chi connectivity index (χ1v) is 40.4. The Kier molecular flexibility index (Phi) is 31.8. The summed E-state index contributed by atoms with van der Waals surface area (Å²) in [6, 6.07) is 66.0. The Morgan fingerprint density at radius 3 is 0.881 bits per heavy atom. The summed E-state index contributed by atoms with van der Waals surface area (Å²) in [5.41, 5.74) is 0. The molecule has 0 bridgehead atoms. The van der Waals surface area contributed by atoms with Crippen molar-refractivity contribution >= 4 is 126 Å². The van der Waals surface area contributed by atoms with E-state index in [0.29, 0.717) is 17.3 Å². The predicted molar refractivity (Wildman–Crippen MR) is 361 cm³/mol. The number of unbranched alkanes of at least 4 members (excludes halogenated alkanes) is 3. The van der Waals surface area contributed by atoms with Gasteiger partial charge in [-0.1, -0.05) is 242 Å². The number of nitrogens with one attached hydrogen (secondary N) is 3. The SMILES string of the molecule is CC(=O)N[C@@H](CSCCCC[Si](C)(C)c1ccccc1)C(=O)O.CC(=O)N[C@@H](CSCCCC[Si](C)(c1ccccc1)c1ccccc1)C(=O)O.CC(=O)N[C@@H](CSCCCC[Si](c1ccccc1)(c1ccccc1)c1ccccc1)C(=O)O. The predicted octanol–water partition coefficient (Wildman–Crippen LogP) is 8.95. The summed E-state index contributed by atoms with van der Waals surface area (Å²) in [5, 5.41) is 43.6. The van der Waals surface area contributed by atoms with Crippen LogP contribution in [0.15, 0.2) is 182 Å². The van der Waals surface area contributed by atoms with Crippen LogP contribution < -0.4 is 47.1 Å². The summed E-state index contributed by atoms with van der Waals surface area (Å²) < 4.78 is 0. The first-order chi connectivity index (χ1) is 40.3. The molecule has 0 spiro atoms. The van der Waals surface area contributed by atoms with Crippen molar-refractivity contribution in [2.45, 2.75) is 115 Å². The molecule has 450 valence electrons. The van der Waals surface area contributed by atoms with Crippen molar-refractivity contribution in [3.8, 4) is 0 Å². The monoisotopic (exact) mass is 1250 g/mol. The number of carbonyl (C=O) groups is 6. The Labute approximate surface area is 514 Å². The van der Waals surface area contributed by atoms with Crippen molar-refractivity contribution in [1.82, 2.24) is 16.0 Å². The second-order valence-electron chi connectivity index (χ2n) is 21.7. The largest absolute Gasteiger partial charge is 0.480 e. The maximum absolute atomic E-state index is 11.3. The first-order valence-electron chi connectivity index (χ1n) is 28.9. The molecular weight excluding hydrogens is 1160 g/mol. The molecule has 6 rings (SSSR count). The third-order valence-corrected chi connectivity index (χ3v) is 31.3. The van der Waals surface area contributed by atoms with E-state index in [4.69, 9.17) is 10.2 Å². The second-order valence-corrected chi connectivity index (χ2v) is 38.3. The number of thioether (sulfide) groups is 3. The summed E-state index contributed by atoms with van der Waals surface area (Å²) in [7, 11) is -5.35. The summed E-state index contributed by atoms with van der Waals surface area (Å²) in [6.45, 7) is 11.3. The highest BCUT2D eigenvalue weighted by atomic mass is 32.2. The van der Waals surface area contributed by atoms with Crippen molar-refractivity contribution in [3.63, 3.8) is 0 Å². The van der Waals surface area contributed by atoms with E-state index < -0.39 is 60.3 Å². The van der Waals surface area contributed by atoms with E-state index in [1.807, 2.05) is 0 Å². The van der Waals surface area contributed by atoms with Crippen LogP contribution in [0.2, 0.25) is 37.8 Å². The summed E-state index contributed by atoms with van der Waals surface area (Å²) in [5.74, 6) is 0.0684. The minimum atomic E-state index is -2.21. The van der Waals surface area contributed by atoms with Gasteiger partial charge in [0, 0.05) is 38.0 Å². The van der Waals surface area contributed by atoms with E-state index in [0.717, 1.165) is 61.5 Å². The molecule has 18 heteroatoms. The lowest BCUT2D eigenvalue weighted by atomic mass is 10.3. The Morgan fingerprint density at radius 2 is 0.607 bits per heavy atom. The topological polar surface area (TPSA) is 199 Å². The van der Waals surface area contributed by atoms with Crippen LogP contribution in [0.4, 0.5) is 0 Å². The highest BCUT2D eigenvalue weighted by molar-refractivity contribution is 7.99. The lowest BCUT2D eigenvalue weighted by Gasteiger charge is -2.34. The first kappa shape index (κ1) is 70.3. The number of carboxylic acid groups (broad SMARTS) is 3. The van der Waals surface area contributed by atoms with Gasteiger partial charge in [-0.15, -0.1) is 0 Å². The molecule has 6 N–H and O–H groups in total. The zero-order valence-corrected chi connectivity index (χ0v) is 55.1. The molecule has 6 aromatic rings. The number of hydrogen-bond donors (Lipinski definition) is 6. The number of carboxylic acids is 3. The molecule has 0 unspecified atom stereocenters. The van der Waals surface area contributed by atoms with E-state index in [1.54, 1.807) is 35.3 Å². The molecule has 6 aromatic carbocycles. The number of amides is 3. The van der Waals surface area contributed by atoms with Crippen molar-refractivity contribution in [3.05, 3.63) is 182 Å². The van der Waals surface area contributed by atoms with Gasteiger partial charge in [-0.3, -0.25) is 14.4 Å². The van der Waals surface area contributed by atoms with Gasteiger partial charge in [0.15, 0.2) is 0 Å². The van der Waals surface area contributed by atoms with Crippen molar-refractivity contribution < 1.29 is 44.1 Å². The molecule has 0 saturated carbocycles. The molecule has 0 saturated heterocycles. The molecule has 0 heterocycles. The quantitative estimate of drug-likeness (QED) is 0.0130. The van der Waals surface area contributed by atoms with Gasteiger partial charge in [-0.25, -0.2) is 14.4 Å².